The number of aryl methyl sites for hydroxylation is 3. The molecule has 136 valence electrons. The van der Waals surface area contributed by atoms with Crippen molar-refractivity contribution in [1.29, 1.82) is 0 Å². The van der Waals surface area contributed by atoms with E-state index < -0.39 is 0 Å². The lowest BCUT2D eigenvalue weighted by molar-refractivity contribution is 0.102. The number of hydrogen-bond donors (Lipinski definition) is 1. The molecule has 6 heteroatoms. The highest BCUT2D eigenvalue weighted by molar-refractivity contribution is 7.09. The number of nitrogens with one attached hydrogen (secondary N) is 1. The molecule has 3 heterocycles. The Morgan fingerprint density at radius 3 is 2.63 bits per heavy atom. The maximum absolute atomic E-state index is 13.0. The Morgan fingerprint density at radius 2 is 1.93 bits per heavy atom. The van der Waals surface area contributed by atoms with Crippen LogP contribution in [0.3, 0.4) is 0 Å². The van der Waals surface area contributed by atoms with E-state index in [1.165, 1.54) is 4.88 Å². The van der Waals surface area contributed by atoms with Crippen LogP contribution in [0.2, 0.25) is 0 Å². The number of amides is 1. The molecule has 5 nitrogen and oxygen atoms in total. The number of pyridine rings is 1. The minimum absolute atomic E-state index is 0.140. The Kier molecular flexibility index (Phi) is 4.49. The Labute approximate surface area is 161 Å². The zero-order valence-electron chi connectivity index (χ0n) is 15.5. The van der Waals surface area contributed by atoms with E-state index in [4.69, 9.17) is 0 Å². The fourth-order valence-corrected chi connectivity index (χ4v) is 3.90. The van der Waals surface area contributed by atoms with Crippen LogP contribution in [0.1, 0.15) is 32.1 Å². The molecule has 0 radical (unpaired) electrons. The molecule has 1 N–H and O–H groups in total. The molecule has 0 unspecified atom stereocenters. The second-order valence-electron chi connectivity index (χ2n) is 6.65. The topological polar surface area (TPSA) is 59.8 Å². The molecule has 0 bridgehead atoms. The third kappa shape index (κ3) is 3.36. The average molecular weight is 376 g/mol. The first-order valence-electron chi connectivity index (χ1n) is 8.76. The molecule has 0 aliphatic carbocycles. The third-order valence-corrected chi connectivity index (χ3v) is 5.45. The Morgan fingerprint density at radius 1 is 1.15 bits per heavy atom. The molecular formula is C21H20N4OS. The number of carbonyl (C=O) groups is 1. The van der Waals surface area contributed by atoms with Gasteiger partial charge in [-0.1, -0.05) is 24.3 Å². The summed E-state index contributed by atoms with van der Waals surface area (Å²) in [5, 5.41) is 10.4. The van der Waals surface area contributed by atoms with Crippen LogP contribution in [-0.2, 0) is 6.54 Å². The number of benzene rings is 1. The molecule has 0 spiro atoms. The summed E-state index contributed by atoms with van der Waals surface area (Å²) in [6, 6.07) is 11.9. The average Bonchev–Trinajstić information content (AvgIpc) is 3.28. The van der Waals surface area contributed by atoms with Crippen LogP contribution < -0.4 is 5.32 Å². The van der Waals surface area contributed by atoms with E-state index in [0.717, 1.165) is 33.5 Å². The molecule has 27 heavy (non-hydrogen) atoms. The van der Waals surface area contributed by atoms with Crippen molar-refractivity contribution < 1.29 is 4.79 Å². The summed E-state index contributed by atoms with van der Waals surface area (Å²) in [7, 11) is 0. The van der Waals surface area contributed by atoms with Crippen molar-refractivity contribution in [3.63, 3.8) is 0 Å². The van der Waals surface area contributed by atoms with Gasteiger partial charge in [0.05, 0.1) is 23.7 Å². The number of thiophene rings is 1. The molecule has 0 aliphatic rings. The van der Waals surface area contributed by atoms with Crippen molar-refractivity contribution in [2.24, 2.45) is 0 Å². The molecule has 1 aromatic carbocycles. The molecular weight excluding hydrogens is 356 g/mol. The molecule has 0 saturated carbocycles. The first-order chi connectivity index (χ1) is 13.0. The highest BCUT2D eigenvalue weighted by Crippen LogP contribution is 2.24. The lowest BCUT2D eigenvalue weighted by atomic mass is 10.1. The lowest BCUT2D eigenvalue weighted by Crippen LogP contribution is -2.15. The van der Waals surface area contributed by atoms with Gasteiger partial charge >= 0.3 is 0 Å². The van der Waals surface area contributed by atoms with E-state index >= 15 is 0 Å². The van der Waals surface area contributed by atoms with Crippen LogP contribution in [0.5, 0.6) is 0 Å². The molecule has 0 fully saturated rings. The smallest absolute Gasteiger partial charge is 0.256 e. The quantitative estimate of drug-likeness (QED) is 0.561. The van der Waals surface area contributed by atoms with Gasteiger partial charge < -0.3 is 5.32 Å². The van der Waals surface area contributed by atoms with Crippen LogP contribution in [0.25, 0.3) is 11.0 Å². The van der Waals surface area contributed by atoms with E-state index in [1.54, 1.807) is 17.5 Å². The number of fused-ring (bicyclic) bond motifs is 1. The molecule has 3 aromatic heterocycles. The molecule has 4 aromatic rings. The summed E-state index contributed by atoms with van der Waals surface area (Å²) in [5.74, 6) is -0.140. The van der Waals surface area contributed by atoms with Crippen LogP contribution in [0.4, 0.5) is 5.69 Å². The van der Waals surface area contributed by atoms with E-state index in [1.807, 2.05) is 61.2 Å². The number of rotatable bonds is 4. The van der Waals surface area contributed by atoms with Gasteiger partial charge in [-0.25, -0.2) is 9.67 Å². The van der Waals surface area contributed by atoms with Crippen LogP contribution in [0.15, 0.2) is 48.0 Å². The van der Waals surface area contributed by atoms with Crippen LogP contribution >= 0.6 is 11.3 Å². The second kappa shape index (κ2) is 6.96. The Hall–Kier alpha value is -2.99. The van der Waals surface area contributed by atoms with Crippen molar-refractivity contribution in [3.05, 3.63) is 75.2 Å². The SMILES string of the molecule is Cc1cc(C(=O)Nc2c(C)cccc2C)c2cnn(Cc3cccs3)c2n1. The highest BCUT2D eigenvalue weighted by Gasteiger charge is 2.17. The summed E-state index contributed by atoms with van der Waals surface area (Å²) < 4.78 is 1.85. The maximum Gasteiger partial charge on any atom is 0.256 e. The number of nitrogens with zero attached hydrogens (tertiary/aromatic N) is 3. The maximum atomic E-state index is 13.0. The summed E-state index contributed by atoms with van der Waals surface area (Å²) >= 11 is 1.68. The van der Waals surface area contributed by atoms with E-state index in [9.17, 15) is 4.79 Å². The Balaban J connectivity index is 1.73. The number of carbonyl (C=O) groups excluding carboxylic acids is 1. The van der Waals surface area contributed by atoms with Crippen LogP contribution in [-0.4, -0.2) is 20.7 Å². The first-order valence-corrected chi connectivity index (χ1v) is 9.64. The summed E-state index contributed by atoms with van der Waals surface area (Å²) in [6.45, 7) is 6.54. The summed E-state index contributed by atoms with van der Waals surface area (Å²) in [4.78, 5) is 18.9. The second-order valence-corrected chi connectivity index (χ2v) is 7.68. The van der Waals surface area contributed by atoms with Crippen molar-refractivity contribution in [2.75, 3.05) is 5.32 Å². The van der Waals surface area contributed by atoms with Gasteiger partial charge in [-0.2, -0.15) is 5.10 Å². The normalized spacial score (nSPS) is 11.1. The van der Waals surface area contributed by atoms with Gasteiger partial charge in [0, 0.05) is 16.3 Å². The van der Waals surface area contributed by atoms with Gasteiger partial charge in [0.15, 0.2) is 5.65 Å². The van der Waals surface area contributed by atoms with Gasteiger partial charge in [-0.05, 0) is 49.4 Å². The monoisotopic (exact) mass is 376 g/mol. The summed E-state index contributed by atoms with van der Waals surface area (Å²) in [6.07, 6.45) is 1.73. The third-order valence-electron chi connectivity index (χ3n) is 4.59. The first kappa shape index (κ1) is 17.4. The van der Waals surface area contributed by atoms with Crippen molar-refractivity contribution in [2.45, 2.75) is 27.3 Å². The number of aromatic nitrogens is 3. The lowest BCUT2D eigenvalue weighted by Gasteiger charge is -2.12. The highest BCUT2D eigenvalue weighted by atomic mass is 32.1. The molecule has 0 aliphatic heterocycles. The number of anilines is 1. The fraction of sp³-hybridized carbons (Fsp3) is 0.190. The van der Waals surface area contributed by atoms with Gasteiger partial charge in [0.1, 0.15) is 0 Å². The van der Waals surface area contributed by atoms with Crippen molar-refractivity contribution in [3.8, 4) is 0 Å². The molecule has 4 rings (SSSR count). The summed E-state index contributed by atoms with van der Waals surface area (Å²) in [5.41, 5.74) is 5.06. The Bertz CT molecular complexity index is 1110. The van der Waals surface area contributed by atoms with Gasteiger partial charge in [0.2, 0.25) is 0 Å². The predicted molar refractivity (Wildman–Crippen MR) is 110 cm³/mol. The van der Waals surface area contributed by atoms with E-state index in [2.05, 4.69) is 21.5 Å². The van der Waals surface area contributed by atoms with Crippen molar-refractivity contribution >= 4 is 34.0 Å². The fourth-order valence-electron chi connectivity index (χ4n) is 3.22. The molecule has 1 amide bonds. The number of hydrogen-bond acceptors (Lipinski definition) is 4. The van der Waals surface area contributed by atoms with Crippen molar-refractivity contribution in [1.82, 2.24) is 14.8 Å². The standard InChI is InChI=1S/C21H20N4OS/c1-13-6-4-7-14(2)19(13)24-21(26)17-10-15(3)23-20-18(17)11-22-25(20)12-16-8-5-9-27-16/h4-11H,12H2,1-3H3,(H,24,26). The predicted octanol–water partition coefficient (Wildman–Crippen LogP) is 4.72. The zero-order valence-corrected chi connectivity index (χ0v) is 16.3. The van der Waals surface area contributed by atoms with Crippen LogP contribution in [0, 0.1) is 20.8 Å². The van der Waals surface area contributed by atoms with Gasteiger partial charge in [-0.3, -0.25) is 4.79 Å². The largest absolute Gasteiger partial charge is 0.321 e. The minimum atomic E-state index is -0.140. The van der Waals surface area contributed by atoms with E-state index in [0.29, 0.717) is 12.1 Å². The number of para-hydroxylation sites is 1. The van der Waals surface area contributed by atoms with Gasteiger partial charge in [-0.15, -0.1) is 11.3 Å². The zero-order chi connectivity index (χ0) is 19.0. The van der Waals surface area contributed by atoms with E-state index in [-0.39, 0.29) is 5.91 Å². The molecule has 0 saturated heterocycles. The molecule has 0 atom stereocenters. The minimum Gasteiger partial charge on any atom is -0.321 e. The van der Waals surface area contributed by atoms with Gasteiger partial charge in [0.25, 0.3) is 5.91 Å².